The second-order valence-corrected chi connectivity index (χ2v) is 6.29. The number of benzene rings is 1. The number of thiazole rings is 1. The molecule has 0 fully saturated rings. The summed E-state index contributed by atoms with van der Waals surface area (Å²) in [5.74, 6) is -0.142. The molecule has 4 heteroatoms. The maximum atomic E-state index is 13.9. The van der Waals surface area contributed by atoms with Crippen molar-refractivity contribution in [3.05, 3.63) is 51.2 Å². The first-order valence-electron chi connectivity index (χ1n) is 6.97. The molecule has 0 aliphatic heterocycles. The minimum atomic E-state index is -0.142. The van der Waals surface area contributed by atoms with Gasteiger partial charge in [-0.15, -0.1) is 11.3 Å². The Morgan fingerprint density at radius 2 is 2.00 bits per heavy atom. The predicted molar refractivity (Wildman–Crippen MR) is 82.6 cm³/mol. The summed E-state index contributed by atoms with van der Waals surface area (Å²) in [6.45, 7) is 8.23. The van der Waals surface area contributed by atoms with E-state index in [9.17, 15) is 4.39 Å². The fraction of sp³-hybridized carbons (Fsp3) is 0.438. The van der Waals surface area contributed by atoms with Gasteiger partial charge in [0.2, 0.25) is 0 Å². The Bertz CT molecular complexity index is 580. The second-order valence-electron chi connectivity index (χ2n) is 5.05. The number of hydrogen-bond acceptors (Lipinski definition) is 3. The maximum Gasteiger partial charge on any atom is 0.127 e. The van der Waals surface area contributed by atoms with E-state index in [1.54, 1.807) is 17.4 Å². The first kappa shape index (κ1) is 15.1. The van der Waals surface area contributed by atoms with Gasteiger partial charge in [-0.3, -0.25) is 0 Å². The molecule has 1 N–H and O–H groups in total. The molecule has 1 heterocycles. The summed E-state index contributed by atoms with van der Waals surface area (Å²) in [5.41, 5.74) is 1.80. The lowest BCUT2D eigenvalue weighted by atomic mass is 10.0. The van der Waals surface area contributed by atoms with E-state index in [0.29, 0.717) is 0 Å². The van der Waals surface area contributed by atoms with Gasteiger partial charge in [-0.25, -0.2) is 9.37 Å². The number of nitrogens with one attached hydrogen (secondary N) is 1. The van der Waals surface area contributed by atoms with Crippen LogP contribution < -0.4 is 5.32 Å². The predicted octanol–water partition coefficient (Wildman–Crippen LogP) is 4.70. The standard InChI is InChI=1S/C16H21FN2S/c1-5-15(13-8-6-7-9-14(13)17)19-11(3)16-10(2)18-12(4)20-16/h6-9,11,15,19H,5H2,1-4H3. The molecule has 108 valence electrons. The Hall–Kier alpha value is -1.26. The lowest BCUT2D eigenvalue weighted by molar-refractivity contribution is 0.441. The van der Waals surface area contributed by atoms with Gasteiger partial charge in [0.25, 0.3) is 0 Å². The maximum absolute atomic E-state index is 13.9. The molecule has 0 radical (unpaired) electrons. The molecule has 0 amide bonds. The van der Waals surface area contributed by atoms with Crippen molar-refractivity contribution in [1.29, 1.82) is 0 Å². The van der Waals surface area contributed by atoms with Crippen molar-refractivity contribution in [1.82, 2.24) is 10.3 Å². The van der Waals surface area contributed by atoms with Gasteiger partial charge in [-0.05, 0) is 33.3 Å². The Kier molecular flexibility index (Phi) is 4.89. The molecule has 0 saturated heterocycles. The molecule has 2 aromatic rings. The van der Waals surface area contributed by atoms with Crippen molar-refractivity contribution in [2.75, 3.05) is 0 Å². The average molecular weight is 292 g/mol. The van der Waals surface area contributed by atoms with Crippen LogP contribution in [0.25, 0.3) is 0 Å². The molecule has 2 nitrogen and oxygen atoms in total. The van der Waals surface area contributed by atoms with E-state index in [0.717, 1.165) is 22.7 Å². The topological polar surface area (TPSA) is 24.9 Å². The molecule has 2 atom stereocenters. The summed E-state index contributed by atoms with van der Waals surface area (Å²) in [5, 5.41) is 4.60. The van der Waals surface area contributed by atoms with E-state index in [1.165, 1.54) is 10.9 Å². The van der Waals surface area contributed by atoms with Crippen LogP contribution in [-0.4, -0.2) is 4.98 Å². The third-order valence-electron chi connectivity index (χ3n) is 3.47. The Balaban J connectivity index is 2.18. The van der Waals surface area contributed by atoms with Gasteiger partial charge in [0.1, 0.15) is 5.82 Å². The van der Waals surface area contributed by atoms with Crippen molar-refractivity contribution in [2.45, 2.75) is 46.2 Å². The van der Waals surface area contributed by atoms with Gasteiger partial charge in [0.15, 0.2) is 0 Å². The van der Waals surface area contributed by atoms with Gasteiger partial charge in [0, 0.05) is 22.5 Å². The molecule has 0 bridgehead atoms. The highest BCUT2D eigenvalue weighted by Gasteiger charge is 2.19. The monoisotopic (exact) mass is 292 g/mol. The zero-order valence-electron chi connectivity index (χ0n) is 12.4. The van der Waals surface area contributed by atoms with Crippen LogP contribution >= 0.6 is 11.3 Å². The summed E-state index contributed by atoms with van der Waals surface area (Å²) in [6, 6.07) is 7.18. The molecular weight excluding hydrogens is 271 g/mol. The minimum Gasteiger partial charge on any atom is -0.302 e. The number of hydrogen-bond donors (Lipinski definition) is 1. The lowest BCUT2D eigenvalue weighted by Gasteiger charge is -2.22. The zero-order chi connectivity index (χ0) is 14.7. The van der Waals surface area contributed by atoms with Crippen molar-refractivity contribution in [3.8, 4) is 0 Å². The van der Waals surface area contributed by atoms with Crippen molar-refractivity contribution < 1.29 is 4.39 Å². The molecule has 1 aromatic heterocycles. The third kappa shape index (κ3) is 3.25. The summed E-state index contributed by atoms with van der Waals surface area (Å²) < 4.78 is 13.9. The highest BCUT2D eigenvalue weighted by atomic mass is 32.1. The van der Waals surface area contributed by atoms with E-state index >= 15 is 0 Å². The van der Waals surface area contributed by atoms with Crippen LogP contribution in [0.3, 0.4) is 0 Å². The molecule has 20 heavy (non-hydrogen) atoms. The molecule has 2 unspecified atom stereocenters. The number of aryl methyl sites for hydroxylation is 2. The molecule has 1 aromatic carbocycles. The largest absolute Gasteiger partial charge is 0.302 e. The number of nitrogens with zero attached hydrogens (tertiary/aromatic N) is 1. The van der Waals surface area contributed by atoms with Gasteiger partial charge < -0.3 is 5.32 Å². The zero-order valence-corrected chi connectivity index (χ0v) is 13.2. The van der Waals surface area contributed by atoms with E-state index in [4.69, 9.17) is 0 Å². The van der Waals surface area contributed by atoms with Crippen LogP contribution in [0.1, 0.15) is 53.5 Å². The van der Waals surface area contributed by atoms with E-state index < -0.39 is 0 Å². The number of halogens is 1. The molecule has 0 aliphatic rings. The van der Waals surface area contributed by atoms with Gasteiger partial charge >= 0.3 is 0 Å². The number of aromatic nitrogens is 1. The highest BCUT2D eigenvalue weighted by Crippen LogP contribution is 2.28. The summed E-state index contributed by atoms with van der Waals surface area (Å²) in [4.78, 5) is 5.69. The van der Waals surface area contributed by atoms with Gasteiger partial charge in [-0.1, -0.05) is 25.1 Å². The molecule has 2 rings (SSSR count). The summed E-state index contributed by atoms with van der Waals surface area (Å²) in [6.07, 6.45) is 0.849. The Labute approximate surface area is 124 Å². The van der Waals surface area contributed by atoms with Crippen LogP contribution in [-0.2, 0) is 0 Å². The second kappa shape index (κ2) is 6.46. The quantitative estimate of drug-likeness (QED) is 0.864. The third-order valence-corrected chi connectivity index (χ3v) is 4.73. The summed E-state index contributed by atoms with van der Waals surface area (Å²) >= 11 is 1.71. The van der Waals surface area contributed by atoms with E-state index in [2.05, 4.69) is 24.1 Å². The van der Waals surface area contributed by atoms with Crippen LogP contribution in [0.15, 0.2) is 24.3 Å². The SMILES string of the molecule is CCC(NC(C)c1sc(C)nc1C)c1ccccc1F. The van der Waals surface area contributed by atoms with Gasteiger partial charge in [0.05, 0.1) is 10.7 Å². The average Bonchev–Trinajstić information content (AvgIpc) is 2.76. The fourth-order valence-electron chi connectivity index (χ4n) is 2.51. The Morgan fingerprint density at radius 1 is 1.30 bits per heavy atom. The highest BCUT2D eigenvalue weighted by molar-refractivity contribution is 7.11. The van der Waals surface area contributed by atoms with Crippen molar-refractivity contribution in [2.24, 2.45) is 0 Å². The smallest absolute Gasteiger partial charge is 0.127 e. The van der Waals surface area contributed by atoms with Crippen LogP contribution in [0, 0.1) is 19.7 Å². The number of rotatable bonds is 5. The van der Waals surface area contributed by atoms with Crippen LogP contribution in [0.5, 0.6) is 0 Å². The molecule has 0 spiro atoms. The Morgan fingerprint density at radius 3 is 2.55 bits per heavy atom. The molecule has 0 aliphatic carbocycles. The van der Waals surface area contributed by atoms with Crippen molar-refractivity contribution >= 4 is 11.3 Å². The van der Waals surface area contributed by atoms with Crippen LogP contribution in [0.2, 0.25) is 0 Å². The summed E-state index contributed by atoms with van der Waals surface area (Å²) in [7, 11) is 0. The van der Waals surface area contributed by atoms with Crippen molar-refractivity contribution in [3.63, 3.8) is 0 Å². The van der Waals surface area contributed by atoms with E-state index in [1.807, 2.05) is 26.0 Å². The van der Waals surface area contributed by atoms with Gasteiger partial charge in [-0.2, -0.15) is 0 Å². The van der Waals surface area contributed by atoms with Crippen LogP contribution in [0.4, 0.5) is 4.39 Å². The lowest BCUT2D eigenvalue weighted by Crippen LogP contribution is -2.25. The molecular formula is C16H21FN2S. The minimum absolute atomic E-state index is 0.0213. The van der Waals surface area contributed by atoms with E-state index in [-0.39, 0.29) is 17.9 Å². The first-order chi connectivity index (χ1) is 9.52. The molecule has 0 saturated carbocycles. The fourth-order valence-corrected chi connectivity index (χ4v) is 3.45. The normalized spacial score (nSPS) is 14.2. The first-order valence-corrected chi connectivity index (χ1v) is 7.79.